The quantitative estimate of drug-likeness (QED) is 0.614. The average molecular weight is 406 g/mol. The number of methoxy groups -OCH3 is 1. The van der Waals surface area contributed by atoms with E-state index in [9.17, 15) is 4.79 Å². The third kappa shape index (κ3) is 7.72. The van der Waals surface area contributed by atoms with E-state index in [1.807, 2.05) is 84.0 Å². The molecule has 0 radical (unpaired) electrons. The van der Waals surface area contributed by atoms with E-state index in [0.29, 0.717) is 6.54 Å². The highest BCUT2D eigenvalue weighted by Gasteiger charge is 2.21. The fourth-order valence-corrected chi connectivity index (χ4v) is 3.06. The van der Waals surface area contributed by atoms with Crippen LogP contribution in [0.1, 0.15) is 41.5 Å². The lowest BCUT2D eigenvalue weighted by molar-refractivity contribution is 0.211. The van der Waals surface area contributed by atoms with Gasteiger partial charge in [-0.2, -0.15) is 0 Å². The predicted molar refractivity (Wildman–Crippen MR) is 121 cm³/mol. The van der Waals surface area contributed by atoms with Crippen LogP contribution in [-0.2, 0) is 0 Å². The molecule has 0 atom stereocenters. The van der Waals surface area contributed by atoms with Crippen LogP contribution in [0.3, 0.4) is 0 Å². The molecule has 1 saturated heterocycles. The van der Waals surface area contributed by atoms with Crippen molar-refractivity contribution in [3.63, 3.8) is 0 Å². The molecule has 1 aromatic carbocycles. The second-order valence-electron chi connectivity index (χ2n) is 5.26. The number of likely N-dealkylation sites (N-methyl/N-ethyl adjacent to an activating group) is 1. The minimum atomic E-state index is -0.0846. The van der Waals surface area contributed by atoms with Crippen LogP contribution in [-0.4, -0.2) is 31.6 Å². The van der Waals surface area contributed by atoms with Crippen LogP contribution in [0.4, 0.5) is 4.79 Å². The molecule has 0 aliphatic carbocycles. The fourth-order valence-electron chi connectivity index (χ4n) is 2.26. The molecule has 2 rings (SSSR count). The summed E-state index contributed by atoms with van der Waals surface area (Å²) in [6.45, 7) is 12.5. The van der Waals surface area contributed by atoms with Gasteiger partial charge in [-0.3, -0.25) is 0 Å². The number of para-hydroxylation sites is 1. The average Bonchev–Trinajstić information content (AvgIpc) is 2.76. The van der Waals surface area contributed by atoms with Gasteiger partial charge in [0.05, 0.1) is 12.0 Å². The molecule has 1 aliphatic rings. The molecule has 0 unspecified atom stereocenters. The first kappa shape index (κ1) is 25.7. The number of rotatable bonds is 5. The molecule has 0 bridgehead atoms. The smallest absolute Gasteiger partial charge is 0.321 e. The number of hydrogen-bond donors (Lipinski definition) is 2. The number of hydrogen-bond acceptors (Lipinski definition) is 4. The Kier molecular flexibility index (Phi) is 13.5. The van der Waals surface area contributed by atoms with Gasteiger partial charge in [-0.15, -0.1) is 0 Å². The second-order valence-corrected chi connectivity index (χ2v) is 6.11. The standard InChI is InChI=1S/C18H23N3O2S.2C2H6/c1-5-14(20-24-17-10-8-7-9-16(17)23-4)11-13-12-21(3)18(22)19-15(13)6-2;2*1-2/h5-11,20H,12H2,1-4H3,(H,19,22);2*1-2H3/b13-11-,14-5+,15-6+;;. The number of nitrogens with zero attached hydrogens (tertiary/aromatic N) is 1. The summed E-state index contributed by atoms with van der Waals surface area (Å²) >= 11 is 1.49. The maximum absolute atomic E-state index is 11.7. The Hall–Kier alpha value is -2.34. The van der Waals surface area contributed by atoms with Crippen molar-refractivity contribution in [2.75, 3.05) is 20.7 Å². The first-order chi connectivity index (χ1) is 13.6. The van der Waals surface area contributed by atoms with E-state index in [1.54, 1.807) is 19.1 Å². The van der Waals surface area contributed by atoms with Crippen molar-refractivity contribution in [3.05, 3.63) is 59.5 Å². The fraction of sp³-hybridized carbons (Fsp3) is 0.409. The van der Waals surface area contributed by atoms with E-state index in [1.165, 1.54) is 11.9 Å². The highest BCUT2D eigenvalue weighted by molar-refractivity contribution is 7.97. The Balaban J connectivity index is 0.00000171. The third-order valence-electron chi connectivity index (χ3n) is 3.62. The summed E-state index contributed by atoms with van der Waals surface area (Å²) in [5, 5.41) is 2.89. The monoisotopic (exact) mass is 405 g/mol. The number of carbonyl (C=O) groups is 1. The largest absolute Gasteiger partial charge is 0.496 e. The van der Waals surface area contributed by atoms with E-state index in [4.69, 9.17) is 4.74 Å². The number of allylic oxidation sites excluding steroid dienone is 3. The molecular weight excluding hydrogens is 370 g/mol. The Morgan fingerprint density at radius 2 is 1.86 bits per heavy atom. The maximum Gasteiger partial charge on any atom is 0.321 e. The molecule has 6 heteroatoms. The van der Waals surface area contributed by atoms with Crippen LogP contribution in [0.2, 0.25) is 0 Å². The highest BCUT2D eigenvalue weighted by Crippen LogP contribution is 2.27. The molecule has 2 amide bonds. The van der Waals surface area contributed by atoms with Gasteiger partial charge in [-0.1, -0.05) is 52.0 Å². The van der Waals surface area contributed by atoms with Crippen LogP contribution in [0, 0.1) is 0 Å². The van der Waals surface area contributed by atoms with Crippen LogP contribution in [0.25, 0.3) is 0 Å². The van der Waals surface area contributed by atoms with Gasteiger partial charge in [0.1, 0.15) is 5.75 Å². The molecular formula is C22H35N3O2S. The lowest BCUT2D eigenvalue weighted by Crippen LogP contribution is -2.44. The van der Waals surface area contributed by atoms with Crippen LogP contribution >= 0.6 is 11.9 Å². The molecule has 1 aromatic rings. The summed E-state index contributed by atoms with van der Waals surface area (Å²) < 4.78 is 8.70. The van der Waals surface area contributed by atoms with Crippen LogP contribution in [0.5, 0.6) is 5.75 Å². The molecule has 1 fully saturated rings. The van der Waals surface area contributed by atoms with Gasteiger partial charge in [0.2, 0.25) is 0 Å². The minimum absolute atomic E-state index is 0.0846. The number of nitrogens with one attached hydrogen (secondary N) is 2. The molecule has 2 N–H and O–H groups in total. The first-order valence-corrected chi connectivity index (χ1v) is 10.5. The predicted octanol–water partition coefficient (Wildman–Crippen LogP) is 5.73. The van der Waals surface area contributed by atoms with Crippen molar-refractivity contribution in [1.29, 1.82) is 0 Å². The lowest BCUT2D eigenvalue weighted by Gasteiger charge is -2.28. The Bertz CT molecular complexity index is 697. The van der Waals surface area contributed by atoms with Gasteiger partial charge in [-0.25, -0.2) is 4.79 Å². The number of urea groups is 1. The molecule has 28 heavy (non-hydrogen) atoms. The van der Waals surface area contributed by atoms with Crippen molar-refractivity contribution in [3.8, 4) is 5.75 Å². The van der Waals surface area contributed by atoms with Crippen molar-refractivity contribution >= 4 is 18.0 Å². The molecule has 1 heterocycles. The highest BCUT2D eigenvalue weighted by atomic mass is 32.2. The van der Waals surface area contributed by atoms with Gasteiger partial charge in [0.15, 0.2) is 0 Å². The zero-order valence-corrected chi connectivity index (χ0v) is 19.2. The van der Waals surface area contributed by atoms with E-state index in [-0.39, 0.29) is 6.03 Å². The van der Waals surface area contributed by atoms with Crippen molar-refractivity contribution < 1.29 is 9.53 Å². The Labute approximate surface area is 175 Å². The van der Waals surface area contributed by atoms with Crippen molar-refractivity contribution in [2.45, 2.75) is 46.4 Å². The Morgan fingerprint density at radius 3 is 2.43 bits per heavy atom. The van der Waals surface area contributed by atoms with Crippen molar-refractivity contribution in [2.24, 2.45) is 0 Å². The summed E-state index contributed by atoms with van der Waals surface area (Å²) in [6.07, 6.45) is 5.96. The first-order valence-electron chi connectivity index (χ1n) is 9.70. The van der Waals surface area contributed by atoms with Gasteiger partial charge in [0, 0.05) is 25.0 Å². The number of ether oxygens (including phenoxy) is 1. The summed E-state index contributed by atoms with van der Waals surface area (Å²) in [6, 6.07) is 7.77. The molecule has 0 spiro atoms. The van der Waals surface area contributed by atoms with Gasteiger partial charge in [-0.05, 0) is 49.6 Å². The van der Waals surface area contributed by atoms with Crippen LogP contribution < -0.4 is 14.8 Å². The van der Waals surface area contributed by atoms with Crippen LogP contribution in [0.15, 0.2) is 64.4 Å². The molecule has 1 aliphatic heterocycles. The molecule has 0 aromatic heterocycles. The van der Waals surface area contributed by atoms with E-state index in [2.05, 4.69) is 10.0 Å². The number of carbonyl (C=O) groups excluding carboxylic acids is 1. The molecule has 0 saturated carbocycles. The van der Waals surface area contributed by atoms with Crippen molar-refractivity contribution in [1.82, 2.24) is 14.9 Å². The lowest BCUT2D eigenvalue weighted by atomic mass is 10.1. The maximum atomic E-state index is 11.7. The zero-order valence-electron chi connectivity index (χ0n) is 18.4. The van der Waals surface area contributed by atoms with E-state index >= 15 is 0 Å². The normalized spacial score (nSPS) is 16.5. The van der Waals surface area contributed by atoms with Gasteiger partial charge < -0.3 is 19.7 Å². The summed E-state index contributed by atoms with van der Waals surface area (Å²) in [5.74, 6) is 0.830. The summed E-state index contributed by atoms with van der Waals surface area (Å²) in [4.78, 5) is 14.4. The van der Waals surface area contributed by atoms with Gasteiger partial charge in [0.25, 0.3) is 0 Å². The summed E-state index contributed by atoms with van der Waals surface area (Å²) in [5.41, 5.74) is 2.87. The molecule has 156 valence electrons. The topological polar surface area (TPSA) is 53.6 Å². The van der Waals surface area contributed by atoms with Gasteiger partial charge >= 0.3 is 6.03 Å². The zero-order chi connectivity index (χ0) is 21.5. The minimum Gasteiger partial charge on any atom is -0.496 e. The van der Waals surface area contributed by atoms with E-state index in [0.717, 1.165) is 27.6 Å². The van der Waals surface area contributed by atoms with E-state index < -0.39 is 0 Å². The number of benzene rings is 1. The SMILES string of the molecule is CC.CC.C\C=C(/C=C1/CN(C)C(=O)N/C1=C/C)NSc1ccccc1OC. The summed E-state index contributed by atoms with van der Waals surface area (Å²) in [7, 11) is 3.44. The Morgan fingerprint density at radius 1 is 1.21 bits per heavy atom. The molecule has 5 nitrogen and oxygen atoms in total. The second kappa shape index (κ2) is 14.7. The third-order valence-corrected chi connectivity index (χ3v) is 4.51. The number of amides is 2.